The van der Waals surface area contributed by atoms with E-state index in [1.165, 1.54) is 0 Å². The average Bonchev–Trinajstić information content (AvgIpc) is 2.19. The van der Waals surface area contributed by atoms with Crippen molar-refractivity contribution in [2.75, 3.05) is 31.1 Å². The summed E-state index contributed by atoms with van der Waals surface area (Å²) in [4.78, 5) is 2.12. The molecule has 76 valence electrons. The Kier molecular flexibility index (Phi) is 2.68. The zero-order valence-electron chi connectivity index (χ0n) is 8.46. The molecule has 2 nitrogen and oxygen atoms in total. The number of rotatable bonds is 1. The van der Waals surface area contributed by atoms with Crippen molar-refractivity contribution in [2.24, 2.45) is 0 Å². The molecule has 1 fully saturated rings. The van der Waals surface area contributed by atoms with Crippen molar-refractivity contribution in [3.8, 4) is 0 Å². The van der Waals surface area contributed by atoms with E-state index in [1.807, 2.05) is 19.1 Å². The SMILES string of the molecule is Cc1ccc(N2CC[NH2+]CC2)c(F)c1. The molecule has 1 saturated heterocycles. The van der Waals surface area contributed by atoms with Crippen molar-refractivity contribution in [3.05, 3.63) is 29.6 Å². The number of piperazine rings is 1. The number of aryl methyl sites for hydroxylation is 1. The minimum Gasteiger partial charge on any atom is -0.358 e. The molecule has 0 aliphatic carbocycles. The van der Waals surface area contributed by atoms with Crippen molar-refractivity contribution in [3.63, 3.8) is 0 Å². The lowest BCUT2D eigenvalue weighted by Crippen LogP contribution is -2.89. The Morgan fingerprint density at radius 3 is 2.64 bits per heavy atom. The summed E-state index contributed by atoms with van der Waals surface area (Å²) >= 11 is 0. The smallest absolute Gasteiger partial charge is 0.146 e. The molecule has 1 heterocycles. The van der Waals surface area contributed by atoms with Crippen molar-refractivity contribution in [2.45, 2.75) is 6.92 Å². The van der Waals surface area contributed by atoms with E-state index in [-0.39, 0.29) is 5.82 Å². The normalized spacial score (nSPS) is 17.1. The van der Waals surface area contributed by atoms with Crippen LogP contribution in [0.2, 0.25) is 0 Å². The van der Waals surface area contributed by atoms with Gasteiger partial charge in [0.05, 0.1) is 31.9 Å². The predicted octanol–water partition coefficient (Wildman–Crippen LogP) is 0.518. The van der Waals surface area contributed by atoms with Gasteiger partial charge in [-0.1, -0.05) is 6.07 Å². The van der Waals surface area contributed by atoms with Gasteiger partial charge in [0.1, 0.15) is 5.82 Å². The van der Waals surface area contributed by atoms with E-state index in [0.717, 1.165) is 37.4 Å². The van der Waals surface area contributed by atoms with Crippen LogP contribution in [0.1, 0.15) is 5.56 Å². The van der Waals surface area contributed by atoms with Gasteiger partial charge in [0.15, 0.2) is 0 Å². The topological polar surface area (TPSA) is 19.9 Å². The summed E-state index contributed by atoms with van der Waals surface area (Å²) in [7, 11) is 0. The first-order valence-electron chi connectivity index (χ1n) is 5.10. The molecule has 2 rings (SSSR count). The summed E-state index contributed by atoms with van der Waals surface area (Å²) < 4.78 is 13.6. The maximum atomic E-state index is 13.6. The van der Waals surface area contributed by atoms with Gasteiger partial charge in [-0.3, -0.25) is 0 Å². The van der Waals surface area contributed by atoms with Crippen LogP contribution >= 0.6 is 0 Å². The van der Waals surface area contributed by atoms with E-state index >= 15 is 0 Å². The summed E-state index contributed by atoms with van der Waals surface area (Å²) in [5, 5.41) is 2.27. The number of hydrogen-bond acceptors (Lipinski definition) is 1. The summed E-state index contributed by atoms with van der Waals surface area (Å²) in [6, 6.07) is 5.46. The van der Waals surface area contributed by atoms with Gasteiger partial charge < -0.3 is 10.2 Å². The number of anilines is 1. The summed E-state index contributed by atoms with van der Waals surface area (Å²) in [5.74, 6) is -0.0908. The molecule has 0 amide bonds. The first-order chi connectivity index (χ1) is 6.77. The van der Waals surface area contributed by atoms with Gasteiger partial charge >= 0.3 is 0 Å². The molecule has 1 aliphatic rings. The number of quaternary nitrogens is 1. The molecule has 14 heavy (non-hydrogen) atoms. The lowest BCUT2D eigenvalue weighted by Gasteiger charge is -2.27. The Bertz CT molecular complexity index is 319. The van der Waals surface area contributed by atoms with Gasteiger partial charge in [-0.05, 0) is 24.6 Å². The van der Waals surface area contributed by atoms with E-state index < -0.39 is 0 Å². The standard InChI is InChI=1S/C11H15FN2/c1-9-2-3-11(10(12)8-9)14-6-4-13-5-7-14/h2-3,8,13H,4-7H2,1H3/p+1. The quantitative estimate of drug-likeness (QED) is 0.692. The lowest BCUT2D eigenvalue weighted by atomic mass is 10.2. The Balaban J connectivity index is 2.22. The van der Waals surface area contributed by atoms with Crippen LogP contribution < -0.4 is 10.2 Å². The number of hydrogen-bond donors (Lipinski definition) is 1. The molecule has 3 heteroatoms. The van der Waals surface area contributed by atoms with Crippen molar-refractivity contribution >= 4 is 5.69 Å². The second-order valence-corrected chi connectivity index (χ2v) is 3.81. The summed E-state index contributed by atoms with van der Waals surface area (Å²) in [6.45, 7) is 5.93. The average molecular weight is 195 g/mol. The van der Waals surface area contributed by atoms with Gasteiger partial charge in [0, 0.05) is 0 Å². The molecule has 0 spiro atoms. The van der Waals surface area contributed by atoms with E-state index in [9.17, 15) is 4.39 Å². The van der Waals surface area contributed by atoms with Crippen molar-refractivity contribution in [1.82, 2.24) is 0 Å². The second-order valence-electron chi connectivity index (χ2n) is 3.81. The number of halogens is 1. The fourth-order valence-corrected chi connectivity index (χ4v) is 1.86. The van der Waals surface area contributed by atoms with Crippen molar-refractivity contribution in [1.29, 1.82) is 0 Å². The van der Waals surface area contributed by atoms with Gasteiger partial charge in [-0.15, -0.1) is 0 Å². The molecular formula is C11H16FN2+. The van der Waals surface area contributed by atoms with Gasteiger partial charge in [0.2, 0.25) is 0 Å². The Morgan fingerprint density at radius 2 is 2.00 bits per heavy atom. The molecule has 0 radical (unpaired) electrons. The zero-order chi connectivity index (χ0) is 9.97. The van der Waals surface area contributed by atoms with Crippen LogP contribution in [0.25, 0.3) is 0 Å². The molecule has 2 N–H and O–H groups in total. The molecule has 1 aromatic rings. The van der Waals surface area contributed by atoms with Gasteiger partial charge in [0.25, 0.3) is 0 Å². The molecule has 1 aliphatic heterocycles. The highest BCUT2D eigenvalue weighted by molar-refractivity contribution is 5.49. The Hall–Kier alpha value is -1.09. The summed E-state index contributed by atoms with van der Waals surface area (Å²) in [5.41, 5.74) is 1.73. The first kappa shape index (κ1) is 9.46. The predicted molar refractivity (Wildman–Crippen MR) is 55.0 cm³/mol. The fraction of sp³-hybridized carbons (Fsp3) is 0.455. The minimum absolute atomic E-state index is 0.0908. The number of nitrogens with two attached hydrogens (primary N) is 1. The maximum Gasteiger partial charge on any atom is 0.146 e. The minimum atomic E-state index is -0.0908. The molecule has 0 bridgehead atoms. The highest BCUT2D eigenvalue weighted by atomic mass is 19.1. The van der Waals surface area contributed by atoms with Crippen LogP contribution in [0.4, 0.5) is 10.1 Å². The van der Waals surface area contributed by atoms with Crippen LogP contribution in [0.15, 0.2) is 18.2 Å². The molecule has 0 aromatic heterocycles. The van der Waals surface area contributed by atoms with Crippen LogP contribution in [0.3, 0.4) is 0 Å². The molecule has 0 saturated carbocycles. The van der Waals surface area contributed by atoms with Crippen LogP contribution in [-0.4, -0.2) is 26.2 Å². The third-order valence-corrected chi connectivity index (χ3v) is 2.65. The van der Waals surface area contributed by atoms with E-state index in [4.69, 9.17) is 0 Å². The van der Waals surface area contributed by atoms with Gasteiger partial charge in [-0.2, -0.15) is 0 Å². The highest BCUT2D eigenvalue weighted by Gasteiger charge is 2.15. The van der Waals surface area contributed by atoms with Crippen LogP contribution in [-0.2, 0) is 0 Å². The fourth-order valence-electron chi connectivity index (χ4n) is 1.86. The maximum absolute atomic E-state index is 13.6. The van der Waals surface area contributed by atoms with E-state index in [2.05, 4.69) is 10.2 Å². The lowest BCUT2D eigenvalue weighted by molar-refractivity contribution is -0.655. The monoisotopic (exact) mass is 195 g/mol. The number of benzene rings is 1. The van der Waals surface area contributed by atoms with Crippen LogP contribution in [0.5, 0.6) is 0 Å². The molecule has 0 unspecified atom stereocenters. The molecule has 0 atom stereocenters. The second kappa shape index (κ2) is 3.96. The summed E-state index contributed by atoms with van der Waals surface area (Å²) in [6.07, 6.45) is 0. The van der Waals surface area contributed by atoms with E-state index in [1.54, 1.807) is 6.07 Å². The Morgan fingerprint density at radius 1 is 1.29 bits per heavy atom. The first-order valence-corrected chi connectivity index (χ1v) is 5.10. The third-order valence-electron chi connectivity index (χ3n) is 2.65. The zero-order valence-corrected chi connectivity index (χ0v) is 8.46. The van der Waals surface area contributed by atoms with E-state index in [0.29, 0.717) is 0 Å². The molecular weight excluding hydrogens is 179 g/mol. The van der Waals surface area contributed by atoms with Crippen molar-refractivity contribution < 1.29 is 9.71 Å². The highest BCUT2D eigenvalue weighted by Crippen LogP contribution is 2.19. The largest absolute Gasteiger partial charge is 0.358 e. The molecule has 1 aromatic carbocycles. The van der Waals surface area contributed by atoms with Crippen LogP contribution in [0, 0.1) is 12.7 Å². The Labute approximate surface area is 83.7 Å². The third kappa shape index (κ3) is 1.87. The van der Waals surface area contributed by atoms with Gasteiger partial charge in [-0.25, -0.2) is 4.39 Å². The number of nitrogens with zero attached hydrogens (tertiary/aromatic N) is 1.